The van der Waals surface area contributed by atoms with Crippen LogP contribution in [0.1, 0.15) is 19.8 Å². The second-order valence-electron chi connectivity index (χ2n) is 4.95. The van der Waals surface area contributed by atoms with Gasteiger partial charge in [0.25, 0.3) is 0 Å². The molecule has 4 heteroatoms. The van der Waals surface area contributed by atoms with E-state index in [0.717, 1.165) is 37.4 Å². The van der Waals surface area contributed by atoms with E-state index in [-0.39, 0.29) is 11.9 Å². The highest BCUT2D eigenvalue weighted by atomic mass is 16.5. The molecule has 0 bridgehead atoms. The summed E-state index contributed by atoms with van der Waals surface area (Å²) in [6.07, 6.45) is 2.11. The molecule has 1 aliphatic rings. The molecule has 0 atom stereocenters. The molecule has 19 heavy (non-hydrogen) atoms. The number of Topliss-reactive ketones (excluding diaryl/α,β-unsaturated/α-hetero) is 1. The summed E-state index contributed by atoms with van der Waals surface area (Å²) < 4.78 is 11.3. The SMILES string of the molecule is COc1ccccc1OC1CCN(CC(C)=O)CC1. The van der Waals surface area contributed by atoms with Crippen LogP contribution in [0.2, 0.25) is 0 Å². The Bertz CT molecular complexity index is 425. The van der Waals surface area contributed by atoms with Gasteiger partial charge in [-0.2, -0.15) is 0 Å². The van der Waals surface area contributed by atoms with Crippen LogP contribution in [-0.2, 0) is 4.79 Å². The highest BCUT2D eigenvalue weighted by Gasteiger charge is 2.21. The molecule has 1 aromatic rings. The fourth-order valence-electron chi connectivity index (χ4n) is 2.40. The Morgan fingerprint density at radius 1 is 1.26 bits per heavy atom. The average molecular weight is 263 g/mol. The summed E-state index contributed by atoms with van der Waals surface area (Å²) in [5, 5.41) is 0. The zero-order valence-electron chi connectivity index (χ0n) is 11.6. The lowest BCUT2D eigenvalue weighted by Gasteiger charge is -2.31. The average Bonchev–Trinajstić information content (AvgIpc) is 2.41. The molecule has 0 aliphatic carbocycles. The molecule has 0 radical (unpaired) electrons. The van der Waals surface area contributed by atoms with Crippen molar-refractivity contribution in [3.63, 3.8) is 0 Å². The number of para-hydroxylation sites is 2. The number of carbonyl (C=O) groups excluding carboxylic acids is 1. The summed E-state index contributed by atoms with van der Waals surface area (Å²) in [6.45, 7) is 4.03. The van der Waals surface area contributed by atoms with Gasteiger partial charge in [-0.05, 0) is 31.9 Å². The minimum absolute atomic E-state index is 0.208. The van der Waals surface area contributed by atoms with Crippen LogP contribution in [0.25, 0.3) is 0 Å². The Kier molecular flexibility index (Phi) is 4.80. The second kappa shape index (κ2) is 6.57. The molecule has 1 saturated heterocycles. The molecule has 1 fully saturated rings. The Balaban J connectivity index is 1.87. The first-order chi connectivity index (χ1) is 9.19. The van der Waals surface area contributed by atoms with Gasteiger partial charge >= 0.3 is 0 Å². The van der Waals surface area contributed by atoms with Gasteiger partial charge in [-0.15, -0.1) is 0 Å². The third-order valence-corrected chi connectivity index (χ3v) is 3.34. The van der Waals surface area contributed by atoms with Gasteiger partial charge in [-0.3, -0.25) is 9.69 Å². The molecule has 0 amide bonds. The molecule has 0 N–H and O–H groups in total. The summed E-state index contributed by atoms with van der Waals surface area (Å²) in [7, 11) is 1.65. The Morgan fingerprint density at radius 2 is 1.89 bits per heavy atom. The largest absolute Gasteiger partial charge is 0.493 e. The van der Waals surface area contributed by atoms with Gasteiger partial charge in [0.05, 0.1) is 13.7 Å². The molecule has 1 aromatic carbocycles. The van der Waals surface area contributed by atoms with Crippen LogP contribution < -0.4 is 9.47 Å². The topological polar surface area (TPSA) is 38.8 Å². The maximum Gasteiger partial charge on any atom is 0.161 e. The first kappa shape index (κ1) is 13.9. The smallest absolute Gasteiger partial charge is 0.161 e. The van der Waals surface area contributed by atoms with E-state index >= 15 is 0 Å². The minimum atomic E-state index is 0.208. The number of ether oxygens (including phenoxy) is 2. The molecule has 1 heterocycles. The molecule has 2 rings (SSSR count). The highest BCUT2D eigenvalue weighted by Crippen LogP contribution is 2.28. The number of hydrogen-bond donors (Lipinski definition) is 0. The number of piperidine rings is 1. The Labute approximate surface area is 114 Å². The molecule has 104 valence electrons. The first-order valence-corrected chi connectivity index (χ1v) is 6.70. The molecule has 0 aromatic heterocycles. The normalized spacial score (nSPS) is 17.2. The lowest BCUT2D eigenvalue weighted by molar-refractivity contribution is -0.118. The van der Waals surface area contributed by atoms with Crippen LogP contribution in [0.5, 0.6) is 11.5 Å². The number of rotatable bonds is 5. The van der Waals surface area contributed by atoms with Crippen molar-refractivity contribution in [2.75, 3.05) is 26.7 Å². The predicted molar refractivity (Wildman–Crippen MR) is 73.8 cm³/mol. The second-order valence-corrected chi connectivity index (χ2v) is 4.95. The summed E-state index contributed by atoms with van der Waals surface area (Å²) in [5.74, 6) is 1.80. The Morgan fingerprint density at radius 3 is 2.47 bits per heavy atom. The third-order valence-electron chi connectivity index (χ3n) is 3.34. The fourth-order valence-corrected chi connectivity index (χ4v) is 2.40. The van der Waals surface area contributed by atoms with E-state index in [4.69, 9.17) is 9.47 Å². The lowest BCUT2D eigenvalue weighted by atomic mass is 10.1. The van der Waals surface area contributed by atoms with E-state index < -0.39 is 0 Å². The molecule has 0 unspecified atom stereocenters. The molecular formula is C15H21NO3. The van der Waals surface area contributed by atoms with Crippen molar-refractivity contribution in [1.82, 2.24) is 4.90 Å². The number of benzene rings is 1. The lowest BCUT2D eigenvalue weighted by Crippen LogP contribution is -2.40. The first-order valence-electron chi connectivity index (χ1n) is 6.70. The van der Waals surface area contributed by atoms with Gasteiger partial charge in [-0.1, -0.05) is 12.1 Å². The number of methoxy groups -OCH3 is 1. The van der Waals surface area contributed by atoms with E-state index in [1.807, 2.05) is 24.3 Å². The van der Waals surface area contributed by atoms with Crippen molar-refractivity contribution in [1.29, 1.82) is 0 Å². The number of hydrogen-bond acceptors (Lipinski definition) is 4. The van der Waals surface area contributed by atoms with Crippen molar-refractivity contribution < 1.29 is 14.3 Å². The zero-order valence-corrected chi connectivity index (χ0v) is 11.6. The van der Waals surface area contributed by atoms with Gasteiger partial charge in [-0.25, -0.2) is 0 Å². The van der Waals surface area contributed by atoms with Crippen molar-refractivity contribution in [3.05, 3.63) is 24.3 Å². The highest BCUT2D eigenvalue weighted by molar-refractivity contribution is 5.77. The molecule has 0 spiro atoms. The number of nitrogens with zero attached hydrogens (tertiary/aromatic N) is 1. The van der Waals surface area contributed by atoms with Gasteiger partial charge in [0.2, 0.25) is 0 Å². The van der Waals surface area contributed by atoms with Crippen molar-refractivity contribution in [2.45, 2.75) is 25.9 Å². The fraction of sp³-hybridized carbons (Fsp3) is 0.533. The van der Waals surface area contributed by atoms with Crippen LogP contribution in [0.4, 0.5) is 0 Å². The standard InChI is InChI=1S/C15H21NO3/c1-12(17)11-16-9-7-13(8-10-16)19-15-6-4-3-5-14(15)18-2/h3-6,13H,7-11H2,1-2H3. The van der Waals surface area contributed by atoms with E-state index in [2.05, 4.69) is 4.90 Å². The number of ketones is 1. The third kappa shape index (κ3) is 3.96. The summed E-state index contributed by atoms with van der Waals surface area (Å²) in [4.78, 5) is 13.3. The number of carbonyl (C=O) groups is 1. The van der Waals surface area contributed by atoms with E-state index in [0.29, 0.717) is 6.54 Å². The van der Waals surface area contributed by atoms with Crippen molar-refractivity contribution in [2.24, 2.45) is 0 Å². The van der Waals surface area contributed by atoms with Crippen LogP contribution in [0.3, 0.4) is 0 Å². The van der Waals surface area contributed by atoms with Gasteiger partial charge in [0.1, 0.15) is 11.9 Å². The quantitative estimate of drug-likeness (QED) is 0.815. The van der Waals surface area contributed by atoms with Crippen LogP contribution >= 0.6 is 0 Å². The summed E-state index contributed by atoms with van der Waals surface area (Å²) >= 11 is 0. The molecule has 0 saturated carbocycles. The van der Waals surface area contributed by atoms with Crippen LogP contribution in [0, 0.1) is 0 Å². The maximum absolute atomic E-state index is 11.1. The molecule has 4 nitrogen and oxygen atoms in total. The molecule has 1 aliphatic heterocycles. The summed E-state index contributed by atoms with van der Waals surface area (Å²) in [6, 6.07) is 7.71. The van der Waals surface area contributed by atoms with Gasteiger partial charge < -0.3 is 9.47 Å². The van der Waals surface area contributed by atoms with Crippen molar-refractivity contribution >= 4 is 5.78 Å². The van der Waals surface area contributed by atoms with E-state index in [1.165, 1.54) is 0 Å². The Hall–Kier alpha value is -1.55. The van der Waals surface area contributed by atoms with E-state index in [9.17, 15) is 4.79 Å². The van der Waals surface area contributed by atoms with Gasteiger partial charge in [0, 0.05) is 13.1 Å². The maximum atomic E-state index is 11.1. The molecular weight excluding hydrogens is 242 g/mol. The van der Waals surface area contributed by atoms with Crippen LogP contribution in [-0.4, -0.2) is 43.5 Å². The van der Waals surface area contributed by atoms with Gasteiger partial charge in [0.15, 0.2) is 11.5 Å². The number of likely N-dealkylation sites (tertiary alicyclic amines) is 1. The zero-order chi connectivity index (χ0) is 13.7. The predicted octanol–water partition coefficient (Wildman–Crippen LogP) is 2.13. The monoisotopic (exact) mass is 263 g/mol. The minimum Gasteiger partial charge on any atom is -0.493 e. The van der Waals surface area contributed by atoms with Crippen LogP contribution in [0.15, 0.2) is 24.3 Å². The van der Waals surface area contributed by atoms with E-state index in [1.54, 1.807) is 14.0 Å². The van der Waals surface area contributed by atoms with Crippen molar-refractivity contribution in [3.8, 4) is 11.5 Å². The summed E-state index contributed by atoms with van der Waals surface area (Å²) in [5.41, 5.74) is 0.